The van der Waals surface area contributed by atoms with Gasteiger partial charge in [-0.2, -0.15) is 0 Å². The van der Waals surface area contributed by atoms with Crippen LogP contribution in [0.2, 0.25) is 0 Å². The van der Waals surface area contributed by atoms with Crippen LogP contribution in [0.4, 0.5) is 0 Å². The molecule has 5 heteroatoms. The van der Waals surface area contributed by atoms with Gasteiger partial charge in [0.2, 0.25) is 0 Å². The van der Waals surface area contributed by atoms with Gasteiger partial charge < -0.3 is 15.5 Å². The monoisotopic (exact) mass is 199 g/mol. The van der Waals surface area contributed by atoms with Crippen molar-refractivity contribution in [2.24, 2.45) is 5.73 Å². The number of likely N-dealkylation sites (tertiary alicyclic amines) is 1. The zero-order valence-corrected chi connectivity index (χ0v) is 8.69. The van der Waals surface area contributed by atoms with Gasteiger partial charge in [0.25, 0.3) is 0 Å². The molecule has 0 aromatic heterocycles. The molecule has 1 fully saturated rings. The van der Waals surface area contributed by atoms with Crippen molar-refractivity contribution in [1.82, 2.24) is 9.80 Å². The number of amides is 2. The SMILES string of the molecule is CN(C)C(=O)C(=O)N1CCCC(N)C1. The maximum atomic E-state index is 11.6. The number of hydrogen-bond acceptors (Lipinski definition) is 3. The largest absolute Gasteiger partial charge is 0.341 e. The Morgan fingerprint density at radius 2 is 2.07 bits per heavy atom. The molecule has 0 aromatic rings. The van der Waals surface area contributed by atoms with E-state index in [1.165, 1.54) is 9.80 Å². The molecular weight excluding hydrogens is 182 g/mol. The topological polar surface area (TPSA) is 66.6 Å². The maximum Gasteiger partial charge on any atom is 0.312 e. The molecule has 1 saturated heterocycles. The van der Waals surface area contributed by atoms with Crippen molar-refractivity contribution in [3.8, 4) is 0 Å². The van der Waals surface area contributed by atoms with Gasteiger partial charge in [-0.15, -0.1) is 0 Å². The lowest BCUT2D eigenvalue weighted by Crippen LogP contribution is -2.50. The summed E-state index contributed by atoms with van der Waals surface area (Å²) in [6.45, 7) is 1.14. The minimum absolute atomic E-state index is 0.0164. The molecule has 2 amide bonds. The summed E-state index contributed by atoms with van der Waals surface area (Å²) >= 11 is 0. The Morgan fingerprint density at radius 3 is 2.57 bits per heavy atom. The fourth-order valence-corrected chi connectivity index (χ4v) is 1.52. The third kappa shape index (κ3) is 2.45. The van der Waals surface area contributed by atoms with Crippen molar-refractivity contribution < 1.29 is 9.59 Å². The number of hydrogen-bond donors (Lipinski definition) is 1. The smallest absolute Gasteiger partial charge is 0.312 e. The van der Waals surface area contributed by atoms with Gasteiger partial charge in [-0.1, -0.05) is 0 Å². The molecule has 0 bridgehead atoms. The van der Waals surface area contributed by atoms with Crippen LogP contribution in [0.1, 0.15) is 12.8 Å². The lowest BCUT2D eigenvalue weighted by atomic mass is 10.1. The van der Waals surface area contributed by atoms with E-state index >= 15 is 0 Å². The highest BCUT2D eigenvalue weighted by atomic mass is 16.2. The maximum absolute atomic E-state index is 11.6. The van der Waals surface area contributed by atoms with E-state index in [9.17, 15) is 9.59 Å². The Labute approximate surface area is 83.8 Å². The predicted octanol–water partition coefficient (Wildman–Crippen LogP) is -0.976. The van der Waals surface area contributed by atoms with Gasteiger partial charge in [-0.25, -0.2) is 0 Å². The van der Waals surface area contributed by atoms with Crippen molar-refractivity contribution in [3.63, 3.8) is 0 Å². The molecule has 0 radical (unpaired) electrons. The molecule has 1 heterocycles. The third-order valence-electron chi connectivity index (χ3n) is 2.33. The zero-order chi connectivity index (χ0) is 10.7. The van der Waals surface area contributed by atoms with Crippen molar-refractivity contribution >= 4 is 11.8 Å². The van der Waals surface area contributed by atoms with Gasteiger partial charge in [0.05, 0.1) is 0 Å². The second-order valence-electron chi connectivity index (χ2n) is 3.85. The van der Waals surface area contributed by atoms with E-state index in [0.717, 1.165) is 12.8 Å². The van der Waals surface area contributed by atoms with E-state index in [4.69, 9.17) is 5.73 Å². The van der Waals surface area contributed by atoms with Crippen LogP contribution in [-0.2, 0) is 9.59 Å². The van der Waals surface area contributed by atoms with Crippen LogP contribution in [-0.4, -0.2) is 54.8 Å². The first-order valence-corrected chi connectivity index (χ1v) is 4.78. The van der Waals surface area contributed by atoms with Crippen molar-refractivity contribution in [2.75, 3.05) is 27.2 Å². The number of carbonyl (C=O) groups excluding carboxylic acids is 2. The molecular formula is C9H17N3O2. The zero-order valence-electron chi connectivity index (χ0n) is 8.69. The number of likely N-dealkylation sites (N-methyl/N-ethyl adjacent to an activating group) is 1. The van der Waals surface area contributed by atoms with Crippen molar-refractivity contribution in [1.29, 1.82) is 0 Å². The van der Waals surface area contributed by atoms with E-state index in [1.54, 1.807) is 14.1 Å². The number of nitrogens with two attached hydrogens (primary N) is 1. The first-order chi connectivity index (χ1) is 6.52. The molecule has 80 valence electrons. The van der Waals surface area contributed by atoms with Crippen LogP contribution in [0, 0.1) is 0 Å². The van der Waals surface area contributed by atoms with Crippen LogP contribution in [0.5, 0.6) is 0 Å². The van der Waals surface area contributed by atoms with Crippen molar-refractivity contribution in [3.05, 3.63) is 0 Å². The normalized spacial score (nSPS) is 21.9. The van der Waals surface area contributed by atoms with Gasteiger partial charge in [-0.05, 0) is 12.8 Å². The summed E-state index contributed by atoms with van der Waals surface area (Å²) < 4.78 is 0. The van der Waals surface area contributed by atoms with E-state index < -0.39 is 11.8 Å². The Bertz CT molecular complexity index is 240. The predicted molar refractivity (Wildman–Crippen MR) is 52.5 cm³/mol. The van der Waals surface area contributed by atoms with Crippen LogP contribution in [0.25, 0.3) is 0 Å². The fraction of sp³-hybridized carbons (Fsp3) is 0.778. The molecule has 2 N–H and O–H groups in total. The molecule has 1 unspecified atom stereocenters. The Hall–Kier alpha value is -1.10. The van der Waals surface area contributed by atoms with Gasteiger partial charge in [0.15, 0.2) is 0 Å². The average molecular weight is 199 g/mol. The molecule has 0 spiro atoms. The summed E-state index contributed by atoms with van der Waals surface area (Å²) in [4.78, 5) is 25.7. The summed E-state index contributed by atoms with van der Waals surface area (Å²) in [6, 6.07) is 0.0164. The van der Waals surface area contributed by atoms with Crippen molar-refractivity contribution in [2.45, 2.75) is 18.9 Å². The molecule has 5 nitrogen and oxygen atoms in total. The number of nitrogens with zero attached hydrogens (tertiary/aromatic N) is 2. The van der Waals surface area contributed by atoms with Crippen LogP contribution in [0.15, 0.2) is 0 Å². The highest BCUT2D eigenvalue weighted by Gasteiger charge is 2.26. The van der Waals surface area contributed by atoms with E-state index in [0.29, 0.717) is 13.1 Å². The first-order valence-electron chi connectivity index (χ1n) is 4.78. The van der Waals surface area contributed by atoms with E-state index in [-0.39, 0.29) is 6.04 Å². The fourth-order valence-electron chi connectivity index (χ4n) is 1.52. The molecule has 0 saturated carbocycles. The molecule has 1 rings (SSSR count). The Morgan fingerprint density at radius 1 is 1.43 bits per heavy atom. The van der Waals surface area contributed by atoms with E-state index in [2.05, 4.69) is 0 Å². The summed E-state index contributed by atoms with van der Waals surface area (Å²) in [5.74, 6) is -0.913. The molecule has 1 aliphatic rings. The summed E-state index contributed by atoms with van der Waals surface area (Å²) in [5.41, 5.74) is 5.72. The summed E-state index contributed by atoms with van der Waals surface area (Å²) in [6.07, 6.45) is 1.81. The number of piperidine rings is 1. The standard InChI is InChI=1S/C9H17N3O2/c1-11(2)8(13)9(14)12-5-3-4-7(10)6-12/h7H,3-6,10H2,1-2H3. The lowest BCUT2D eigenvalue weighted by Gasteiger charge is -2.30. The Kier molecular flexibility index (Phi) is 3.46. The molecule has 0 aromatic carbocycles. The third-order valence-corrected chi connectivity index (χ3v) is 2.33. The van der Waals surface area contributed by atoms with Crippen LogP contribution in [0.3, 0.4) is 0 Å². The molecule has 0 aliphatic carbocycles. The second-order valence-corrected chi connectivity index (χ2v) is 3.85. The van der Waals surface area contributed by atoms with Gasteiger partial charge in [0, 0.05) is 33.2 Å². The average Bonchev–Trinajstić information content (AvgIpc) is 2.15. The van der Waals surface area contributed by atoms with E-state index in [1.807, 2.05) is 0 Å². The minimum Gasteiger partial charge on any atom is -0.341 e. The number of carbonyl (C=O) groups is 2. The number of rotatable bonds is 0. The minimum atomic E-state index is -0.473. The molecule has 14 heavy (non-hydrogen) atoms. The second kappa shape index (κ2) is 4.41. The highest BCUT2D eigenvalue weighted by molar-refractivity contribution is 6.34. The quantitative estimate of drug-likeness (QED) is 0.510. The van der Waals surface area contributed by atoms with Gasteiger partial charge in [0.1, 0.15) is 0 Å². The summed E-state index contributed by atoms with van der Waals surface area (Å²) in [7, 11) is 3.15. The van der Waals surface area contributed by atoms with Gasteiger partial charge in [-0.3, -0.25) is 9.59 Å². The van der Waals surface area contributed by atoms with Gasteiger partial charge >= 0.3 is 11.8 Å². The first kappa shape index (κ1) is 11.0. The van der Waals surface area contributed by atoms with Crippen LogP contribution < -0.4 is 5.73 Å². The molecule has 1 atom stereocenters. The summed E-state index contributed by atoms with van der Waals surface area (Å²) in [5, 5.41) is 0. The highest BCUT2D eigenvalue weighted by Crippen LogP contribution is 2.08. The van der Waals surface area contributed by atoms with Crippen LogP contribution >= 0.6 is 0 Å². The lowest BCUT2D eigenvalue weighted by molar-refractivity contribution is -0.151. The Balaban J connectivity index is 2.56. The molecule has 1 aliphatic heterocycles.